The van der Waals surface area contributed by atoms with Crippen LogP contribution >= 0.6 is 33.1 Å². The number of rotatable bonds is 2. The molecule has 0 aliphatic rings. The van der Waals surface area contributed by atoms with Crippen LogP contribution in [-0.4, -0.2) is 4.89 Å². The fraction of sp³-hybridized carbons (Fsp3) is 0. The van der Waals surface area contributed by atoms with Gasteiger partial charge >= 0.3 is 8.25 Å². The van der Waals surface area contributed by atoms with Gasteiger partial charge in [0, 0.05) is 0 Å². The molecule has 0 amide bonds. The van der Waals surface area contributed by atoms with E-state index in [-0.39, 0.29) is 24.8 Å². The zero-order valence-corrected chi connectivity index (χ0v) is 6.50. The Hall–Kier alpha value is 0.310. The molecule has 0 aliphatic heterocycles. The molecule has 0 saturated heterocycles. The van der Waals surface area contributed by atoms with Gasteiger partial charge in [0.05, 0.1) is 6.26 Å². The molecule has 0 spiro atoms. The summed E-state index contributed by atoms with van der Waals surface area (Å²) in [4.78, 5) is 7.81. The minimum atomic E-state index is -2.75. The molecule has 0 aromatic rings. The molecule has 0 saturated carbocycles. The van der Waals surface area contributed by atoms with Gasteiger partial charge in [-0.25, -0.2) is 4.57 Å². The molecular weight excluding hydrogens is 174 g/mol. The molecule has 6 heteroatoms. The fourth-order valence-corrected chi connectivity index (χ4v) is 0.214. The van der Waals surface area contributed by atoms with Crippen LogP contribution in [0, 0.1) is 0 Å². The number of halogens is 2. The van der Waals surface area contributed by atoms with Crippen molar-refractivity contribution in [3.05, 3.63) is 12.8 Å². The van der Waals surface area contributed by atoms with E-state index >= 15 is 0 Å². The highest BCUT2D eigenvalue weighted by Crippen LogP contribution is 2.12. The van der Waals surface area contributed by atoms with Gasteiger partial charge in [0.25, 0.3) is 0 Å². The first-order valence-corrected chi connectivity index (χ1v) is 2.54. The molecular formula is C2H7Cl2O3P. The third kappa shape index (κ3) is 16.2. The summed E-state index contributed by atoms with van der Waals surface area (Å²) in [6.07, 6.45) is 0.932. The topological polar surface area (TPSA) is 46.5 Å². The number of hydrogen-bond donors (Lipinski definition) is 1. The molecule has 1 N–H and O–H groups in total. The highest BCUT2D eigenvalue weighted by Gasteiger charge is 1.77. The fourth-order valence-electron chi connectivity index (χ4n) is 0.0713. The van der Waals surface area contributed by atoms with Crippen molar-refractivity contribution in [3.63, 3.8) is 0 Å². The maximum atomic E-state index is 9.49. The Kier molecular flexibility index (Phi) is 20.3. The van der Waals surface area contributed by atoms with E-state index in [0.717, 1.165) is 6.26 Å². The first-order chi connectivity index (χ1) is 2.77. The van der Waals surface area contributed by atoms with Crippen molar-refractivity contribution in [2.24, 2.45) is 0 Å². The van der Waals surface area contributed by atoms with Crippen LogP contribution in [0.2, 0.25) is 0 Å². The van der Waals surface area contributed by atoms with Crippen LogP contribution in [0.1, 0.15) is 0 Å². The Morgan fingerprint density at radius 2 is 2.00 bits per heavy atom. The summed E-state index contributed by atoms with van der Waals surface area (Å²) < 4.78 is 13.4. The van der Waals surface area contributed by atoms with Gasteiger partial charge in [-0.3, -0.25) is 0 Å². The second kappa shape index (κ2) is 10.3. The van der Waals surface area contributed by atoms with Crippen LogP contribution in [-0.2, 0) is 9.09 Å². The number of hydrogen-bond acceptors (Lipinski definition) is 2. The van der Waals surface area contributed by atoms with Crippen LogP contribution in [0.25, 0.3) is 0 Å². The van der Waals surface area contributed by atoms with Crippen molar-refractivity contribution in [1.29, 1.82) is 0 Å². The summed E-state index contributed by atoms with van der Waals surface area (Å²) in [7, 11) is -2.75. The maximum absolute atomic E-state index is 9.49. The Labute approximate surface area is 60.5 Å². The summed E-state index contributed by atoms with van der Waals surface area (Å²) in [5.74, 6) is 0. The molecule has 0 aromatic heterocycles. The van der Waals surface area contributed by atoms with Crippen LogP contribution in [0.15, 0.2) is 12.8 Å². The lowest BCUT2D eigenvalue weighted by Crippen LogP contribution is -1.55. The molecule has 0 aliphatic carbocycles. The quantitative estimate of drug-likeness (QED) is 0.516. The van der Waals surface area contributed by atoms with E-state index in [9.17, 15) is 4.57 Å². The second-order valence-electron chi connectivity index (χ2n) is 0.550. The van der Waals surface area contributed by atoms with E-state index in [1.165, 1.54) is 0 Å². The molecule has 0 radical (unpaired) electrons. The SMILES string of the molecule is C=CO[PH](=O)O.Cl.Cl. The molecule has 0 aromatic carbocycles. The molecule has 0 rings (SSSR count). The van der Waals surface area contributed by atoms with Crippen LogP contribution in [0.5, 0.6) is 0 Å². The normalized spacial score (nSPS) is 9.62. The van der Waals surface area contributed by atoms with Crippen molar-refractivity contribution in [3.8, 4) is 0 Å². The molecule has 0 heterocycles. The smallest absolute Gasteiger partial charge is 0.364 e. The average molecular weight is 181 g/mol. The molecule has 1 atom stereocenters. The van der Waals surface area contributed by atoms with Crippen molar-refractivity contribution >= 4 is 33.1 Å². The van der Waals surface area contributed by atoms with E-state index in [0.29, 0.717) is 0 Å². The largest absolute Gasteiger partial charge is 0.435 e. The zero-order valence-electron chi connectivity index (χ0n) is 3.86. The van der Waals surface area contributed by atoms with Gasteiger partial charge < -0.3 is 9.42 Å². The van der Waals surface area contributed by atoms with Crippen LogP contribution < -0.4 is 0 Å². The zero-order chi connectivity index (χ0) is 4.99. The monoisotopic (exact) mass is 180 g/mol. The van der Waals surface area contributed by atoms with Gasteiger partial charge in [0.2, 0.25) is 0 Å². The summed E-state index contributed by atoms with van der Waals surface area (Å²) in [6.45, 7) is 3.04. The van der Waals surface area contributed by atoms with Gasteiger partial charge in [-0.1, -0.05) is 6.58 Å². The van der Waals surface area contributed by atoms with Crippen LogP contribution in [0.3, 0.4) is 0 Å². The van der Waals surface area contributed by atoms with Crippen molar-refractivity contribution in [1.82, 2.24) is 0 Å². The van der Waals surface area contributed by atoms with E-state index in [4.69, 9.17) is 4.89 Å². The Balaban J connectivity index is -0.000000125. The third-order valence-corrected chi connectivity index (χ3v) is 0.552. The standard InChI is InChI=1S/C2H5O3P.2ClH/c1-2-5-6(3)4;;/h2,6H,1H2,(H,3,4);2*1H. The van der Waals surface area contributed by atoms with E-state index < -0.39 is 8.25 Å². The Bertz CT molecular complexity index is 75.7. The van der Waals surface area contributed by atoms with Gasteiger partial charge in [-0.15, -0.1) is 24.8 Å². The predicted molar refractivity (Wildman–Crippen MR) is 37.0 cm³/mol. The second-order valence-corrected chi connectivity index (χ2v) is 1.32. The highest BCUT2D eigenvalue weighted by atomic mass is 35.5. The Morgan fingerprint density at radius 3 is 2.00 bits per heavy atom. The average Bonchev–Trinajstić information content (AvgIpc) is 1.35. The van der Waals surface area contributed by atoms with Crippen LogP contribution in [0.4, 0.5) is 0 Å². The first kappa shape index (κ1) is 15.7. The van der Waals surface area contributed by atoms with Crippen molar-refractivity contribution < 1.29 is 14.0 Å². The van der Waals surface area contributed by atoms with E-state index in [2.05, 4.69) is 11.1 Å². The summed E-state index contributed by atoms with van der Waals surface area (Å²) in [5.41, 5.74) is 0. The lowest BCUT2D eigenvalue weighted by atomic mass is 11.2. The van der Waals surface area contributed by atoms with Crippen molar-refractivity contribution in [2.45, 2.75) is 0 Å². The Morgan fingerprint density at radius 1 is 1.62 bits per heavy atom. The predicted octanol–water partition coefficient (Wildman–Crippen LogP) is 1.37. The van der Waals surface area contributed by atoms with Gasteiger partial charge in [-0.05, 0) is 0 Å². The molecule has 8 heavy (non-hydrogen) atoms. The highest BCUT2D eigenvalue weighted by molar-refractivity contribution is 7.32. The molecule has 3 nitrogen and oxygen atoms in total. The van der Waals surface area contributed by atoms with E-state index in [1.807, 2.05) is 0 Å². The van der Waals surface area contributed by atoms with Gasteiger partial charge in [-0.2, -0.15) is 0 Å². The molecule has 52 valence electrons. The van der Waals surface area contributed by atoms with Crippen molar-refractivity contribution in [2.75, 3.05) is 0 Å². The lowest BCUT2D eigenvalue weighted by molar-refractivity contribution is 0.379. The first-order valence-electron chi connectivity index (χ1n) is 1.28. The summed E-state index contributed by atoms with van der Waals surface area (Å²) in [5, 5.41) is 0. The van der Waals surface area contributed by atoms with Gasteiger partial charge in [0.1, 0.15) is 0 Å². The maximum Gasteiger partial charge on any atom is 0.364 e. The minimum absolute atomic E-state index is 0. The molecule has 0 fully saturated rings. The van der Waals surface area contributed by atoms with E-state index in [1.54, 1.807) is 0 Å². The molecule has 1 unspecified atom stereocenters. The lowest BCUT2D eigenvalue weighted by Gasteiger charge is -1.84. The van der Waals surface area contributed by atoms with Gasteiger partial charge in [0.15, 0.2) is 0 Å². The molecule has 0 bridgehead atoms. The summed E-state index contributed by atoms with van der Waals surface area (Å²) in [6, 6.07) is 0. The summed E-state index contributed by atoms with van der Waals surface area (Å²) >= 11 is 0. The minimum Gasteiger partial charge on any atom is -0.435 e. The third-order valence-electron chi connectivity index (χ3n) is 0.184.